The zero-order valence-electron chi connectivity index (χ0n) is 17.4. The van der Waals surface area contributed by atoms with Gasteiger partial charge >= 0.3 is 6.03 Å². The van der Waals surface area contributed by atoms with E-state index in [2.05, 4.69) is 16.0 Å². The van der Waals surface area contributed by atoms with Crippen molar-refractivity contribution in [3.05, 3.63) is 53.6 Å². The Morgan fingerprint density at radius 1 is 0.966 bits per heavy atom. The normalized spacial score (nSPS) is 14.2. The minimum absolute atomic E-state index is 0.0939. The highest BCUT2D eigenvalue weighted by Gasteiger charge is 2.20. The fourth-order valence-electron chi connectivity index (χ4n) is 3.69. The van der Waals surface area contributed by atoms with Gasteiger partial charge in [-0.1, -0.05) is 37.5 Å². The zero-order chi connectivity index (χ0) is 20.8. The number of carbonyl (C=O) groups excluding carboxylic acids is 2. The Balaban J connectivity index is 1.74. The number of nitrogens with zero attached hydrogens (tertiary/aromatic N) is 1. The average Bonchev–Trinajstić information content (AvgIpc) is 2.70. The second kappa shape index (κ2) is 9.45. The van der Waals surface area contributed by atoms with Gasteiger partial charge in [0.15, 0.2) is 0 Å². The number of amides is 3. The molecule has 0 bridgehead atoms. The predicted molar refractivity (Wildman–Crippen MR) is 119 cm³/mol. The molecule has 3 N–H and O–H groups in total. The second-order valence-corrected chi connectivity index (χ2v) is 7.83. The molecular weight excluding hydrogens is 364 g/mol. The number of para-hydroxylation sites is 1. The van der Waals surface area contributed by atoms with Crippen LogP contribution >= 0.6 is 0 Å². The van der Waals surface area contributed by atoms with Gasteiger partial charge in [0.05, 0.1) is 5.56 Å². The van der Waals surface area contributed by atoms with E-state index >= 15 is 0 Å². The molecule has 6 heteroatoms. The topological polar surface area (TPSA) is 73.5 Å². The summed E-state index contributed by atoms with van der Waals surface area (Å²) in [5.74, 6) is -0.0939. The lowest BCUT2D eigenvalue weighted by Gasteiger charge is -2.24. The fourth-order valence-corrected chi connectivity index (χ4v) is 3.69. The number of hydrogen-bond donors (Lipinski definition) is 3. The molecule has 0 heterocycles. The number of rotatable bonds is 5. The van der Waals surface area contributed by atoms with E-state index in [1.165, 1.54) is 6.42 Å². The van der Waals surface area contributed by atoms with Crippen molar-refractivity contribution in [1.82, 2.24) is 5.32 Å². The third-order valence-electron chi connectivity index (χ3n) is 5.31. The molecule has 3 rings (SSSR count). The number of urea groups is 1. The third kappa shape index (κ3) is 5.50. The molecular formula is C23H30N4O2. The van der Waals surface area contributed by atoms with E-state index in [1.54, 1.807) is 6.07 Å². The summed E-state index contributed by atoms with van der Waals surface area (Å²) in [6, 6.07) is 12.9. The van der Waals surface area contributed by atoms with Gasteiger partial charge in [0.2, 0.25) is 0 Å². The lowest BCUT2D eigenvalue weighted by atomic mass is 9.95. The Morgan fingerprint density at radius 2 is 1.69 bits per heavy atom. The van der Waals surface area contributed by atoms with E-state index in [4.69, 9.17) is 0 Å². The van der Waals surface area contributed by atoms with Crippen LogP contribution in [0.1, 0.15) is 48.0 Å². The maximum atomic E-state index is 12.9. The SMILES string of the molecule is Cc1ccccc1NC(=O)Nc1ccc(N(C)C)c(C(=O)NC2CCCCC2)c1. The highest BCUT2D eigenvalue weighted by atomic mass is 16.2. The largest absolute Gasteiger partial charge is 0.377 e. The lowest BCUT2D eigenvalue weighted by Crippen LogP contribution is -2.36. The molecule has 0 aliphatic heterocycles. The molecule has 1 aliphatic carbocycles. The van der Waals surface area contributed by atoms with Crippen molar-refractivity contribution in [2.24, 2.45) is 0 Å². The predicted octanol–water partition coefficient (Wildman–Crippen LogP) is 4.77. The monoisotopic (exact) mass is 394 g/mol. The van der Waals surface area contributed by atoms with Crippen LogP contribution < -0.4 is 20.9 Å². The van der Waals surface area contributed by atoms with E-state index in [0.29, 0.717) is 11.3 Å². The molecule has 154 valence electrons. The third-order valence-corrected chi connectivity index (χ3v) is 5.31. The molecule has 2 aromatic rings. The molecule has 0 spiro atoms. The van der Waals surface area contributed by atoms with Gasteiger partial charge in [-0.25, -0.2) is 4.79 Å². The molecule has 1 saturated carbocycles. The average molecular weight is 395 g/mol. The first-order valence-corrected chi connectivity index (χ1v) is 10.2. The van der Waals surface area contributed by atoms with Crippen LogP contribution in [0.5, 0.6) is 0 Å². The maximum Gasteiger partial charge on any atom is 0.323 e. The van der Waals surface area contributed by atoms with Crippen molar-refractivity contribution in [2.75, 3.05) is 29.6 Å². The van der Waals surface area contributed by atoms with Crippen LogP contribution in [0.3, 0.4) is 0 Å². The number of carbonyl (C=O) groups is 2. The molecule has 0 atom stereocenters. The molecule has 1 aliphatic rings. The van der Waals surface area contributed by atoms with Gasteiger partial charge in [-0.3, -0.25) is 4.79 Å². The second-order valence-electron chi connectivity index (χ2n) is 7.83. The van der Waals surface area contributed by atoms with E-state index in [0.717, 1.165) is 42.6 Å². The summed E-state index contributed by atoms with van der Waals surface area (Å²) >= 11 is 0. The first-order valence-electron chi connectivity index (χ1n) is 10.2. The van der Waals surface area contributed by atoms with E-state index in [-0.39, 0.29) is 18.0 Å². The van der Waals surface area contributed by atoms with Gasteiger partial charge in [-0.05, 0) is 49.6 Å². The number of aryl methyl sites for hydroxylation is 1. The summed E-state index contributed by atoms with van der Waals surface area (Å²) in [4.78, 5) is 27.3. The number of hydrogen-bond acceptors (Lipinski definition) is 3. The Bertz CT molecular complexity index is 873. The molecule has 0 aromatic heterocycles. The quantitative estimate of drug-likeness (QED) is 0.684. The maximum absolute atomic E-state index is 12.9. The summed E-state index contributed by atoms with van der Waals surface area (Å²) in [6.07, 6.45) is 5.61. The summed E-state index contributed by atoms with van der Waals surface area (Å²) < 4.78 is 0. The van der Waals surface area contributed by atoms with Gasteiger partial charge in [0.1, 0.15) is 0 Å². The molecule has 6 nitrogen and oxygen atoms in total. The molecule has 1 fully saturated rings. The van der Waals surface area contributed by atoms with Crippen LogP contribution in [0, 0.1) is 6.92 Å². The summed E-state index contributed by atoms with van der Waals surface area (Å²) in [7, 11) is 3.81. The van der Waals surface area contributed by atoms with Crippen molar-refractivity contribution in [3.8, 4) is 0 Å². The lowest BCUT2D eigenvalue weighted by molar-refractivity contribution is 0.0928. The molecule has 0 unspecified atom stereocenters. The molecule has 0 saturated heterocycles. The minimum atomic E-state index is -0.337. The number of benzene rings is 2. The molecule has 0 radical (unpaired) electrons. The Kier molecular flexibility index (Phi) is 6.75. The highest BCUT2D eigenvalue weighted by molar-refractivity contribution is 6.04. The fraction of sp³-hybridized carbons (Fsp3) is 0.391. The van der Waals surface area contributed by atoms with Crippen molar-refractivity contribution in [3.63, 3.8) is 0 Å². The van der Waals surface area contributed by atoms with Crippen molar-refractivity contribution in [2.45, 2.75) is 45.1 Å². The smallest absolute Gasteiger partial charge is 0.323 e. The van der Waals surface area contributed by atoms with Crippen LogP contribution in [0.25, 0.3) is 0 Å². The zero-order valence-corrected chi connectivity index (χ0v) is 17.4. The van der Waals surface area contributed by atoms with Gasteiger partial charge in [-0.15, -0.1) is 0 Å². The van der Waals surface area contributed by atoms with Crippen LogP contribution in [-0.2, 0) is 0 Å². The minimum Gasteiger partial charge on any atom is -0.377 e. The van der Waals surface area contributed by atoms with Crippen LogP contribution in [-0.4, -0.2) is 32.1 Å². The van der Waals surface area contributed by atoms with Crippen LogP contribution in [0.4, 0.5) is 21.9 Å². The first-order chi connectivity index (χ1) is 13.9. The van der Waals surface area contributed by atoms with E-state index in [9.17, 15) is 9.59 Å². The van der Waals surface area contributed by atoms with Crippen molar-refractivity contribution < 1.29 is 9.59 Å². The van der Waals surface area contributed by atoms with Crippen molar-refractivity contribution in [1.29, 1.82) is 0 Å². The number of nitrogens with one attached hydrogen (secondary N) is 3. The summed E-state index contributed by atoms with van der Waals surface area (Å²) in [6.45, 7) is 1.94. The van der Waals surface area contributed by atoms with E-state index in [1.807, 2.05) is 62.3 Å². The van der Waals surface area contributed by atoms with E-state index < -0.39 is 0 Å². The molecule has 29 heavy (non-hydrogen) atoms. The standard InChI is InChI=1S/C23H30N4O2/c1-16-9-7-8-12-20(16)26-23(29)25-18-13-14-21(27(2)3)19(15-18)22(28)24-17-10-5-4-6-11-17/h7-9,12-15,17H,4-6,10-11H2,1-3H3,(H,24,28)(H2,25,26,29). The van der Waals surface area contributed by atoms with Crippen LogP contribution in [0.15, 0.2) is 42.5 Å². The Labute approximate surface area is 172 Å². The molecule has 2 aromatic carbocycles. The first kappa shape index (κ1) is 20.7. The Hall–Kier alpha value is -3.02. The Morgan fingerprint density at radius 3 is 2.38 bits per heavy atom. The van der Waals surface area contributed by atoms with Crippen molar-refractivity contribution >= 4 is 29.0 Å². The molecule has 3 amide bonds. The van der Waals surface area contributed by atoms with Gasteiger partial charge < -0.3 is 20.9 Å². The summed E-state index contributed by atoms with van der Waals surface area (Å²) in [5.41, 5.74) is 3.70. The summed E-state index contributed by atoms with van der Waals surface area (Å²) in [5, 5.41) is 8.85. The van der Waals surface area contributed by atoms with Gasteiger partial charge in [-0.2, -0.15) is 0 Å². The van der Waals surface area contributed by atoms with Gasteiger partial charge in [0.25, 0.3) is 5.91 Å². The van der Waals surface area contributed by atoms with Gasteiger partial charge in [0, 0.05) is 37.2 Å². The highest BCUT2D eigenvalue weighted by Crippen LogP contribution is 2.25. The number of anilines is 3. The van der Waals surface area contributed by atoms with Crippen LogP contribution in [0.2, 0.25) is 0 Å².